The van der Waals surface area contributed by atoms with E-state index in [0.29, 0.717) is 0 Å². The summed E-state index contributed by atoms with van der Waals surface area (Å²) >= 11 is 1.43. The third-order valence-corrected chi connectivity index (χ3v) is 6.61. The van der Waals surface area contributed by atoms with E-state index in [2.05, 4.69) is 37.1 Å². The molecule has 1 fully saturated rings. The van der Waals surface area contributed by atoms with Gasteiger partial charge in [-0.2, -0.15) is 0 Å². The van der Waals surface area contributed by atoms with Crippen LogP contribution in [0.1, 0.15) is 26.2 Å². The van der Waals surface area contributed by atoms with Gasteiger partial charge in [-0.3, -0.25) is 9.36 Å². The fraction of sp³-hybridized carbons (Fsp3) is 0.375. The number of carbonyl (C=O) groups is 1. The molecule has 0 bridgehead atoms. The van der Waals surface area contributed by atoms with Crippen LogP contribution in [-0.4, -0.2) is 53.1 Å². The number of benzene rings is 2. The predicted octanol–water partition coefficient (Wildman–Crippen LogP) is 4.44. The van der Waals surface area contributed by atoms with Gasteiger partial charge in [-0.25, -0.2) is 0 Å². The molecule has 0 saturated carbocycles. The van der Waals surface area contributed by atoms with Crippen LogP contribution in [0.2, 0.25) is 0 Å². The summed E-state index contributed by atoms with van der Waals surface area (Å²) in [6.45, 7) is 3.86. The van der Waals surface area contributed by atoms with Gasteiger partial charge in [0.15, 0.2) is 5.16 Å². The number of piperidine rings is 1. The summed E-state index contributed by atoms with van der Waals surface area (Å²) in [7, 11) is 3.99. The van der Waals surface area contributed by atoms with Crippen molar-refractivity contribution in [3.8, 4) is 5.69 Å². The summed E-state index contributed by atoms with van der Waals surface area (Å²) in [5, 5.41) is 12.4. The molecule has 2 aromatic carbocycles. The summed E-state index contributed by atoms with van der Waals surface area (Å²) in [6.07, 6.45) is 3.58. The standard InChI is InChI=1S/C24H30N6OS/c1-18(22(31)25-19-12-14-20(15-13-19)28(2)3)32-24-27-26-23(29-16-8-5-9-17-29)30(24)21-10-6-4-7-11-21/h4,6-7,10-15,18H,5,8-9,16-17H2,1-3H3,(H,25,31). The summed E-state index contributed by atoms with van der Waals surface area (Å²) in [5.41, 5.74) is 2.88. The highest BCUT2D eigenvalue weighted by Crippen LogP contribution is 2.31. The van der Waals surface area contributed by atoms with Crippen molar-refractivity contribution in [2.24, 2.45) is 0 Å². The minimum atomic E-state index is -0.329. The summed E-state index contributed by atoms with van der Waals surface area (Å²) in [5.74, 6) is 0.792. The number of carbonyl (C=O) groups excluding carboxylic acids is 1. The molecule has 2 heterocycles. The molecule has 0 radical (unpaired) electrons. The highest BCUT2D eigenvalue weighted by atomic mass is 32.2. The normalized spacial score (nSPS) is 14.8. The second-order valence-electron chi connectivity index (χ2n) is 8.19. The SMILES string of the molecule is CC(Sc1nnc(N2CCCCC2)n1-c1ccccc1)C(=O)Nc1ccc(N(C)C)cc1. The zero-order chi connectivity index (χ0) is 22.5. The molecule has 1 unspecified atom stereocenters. The number of hydrogen-bond donors (Lipinski definition) is 1. The van der Waals surface area contributed by atoms with Crippen LogP contribution in [-0.2, 0) is 4.79 Å². The first kappa shape index (κ1) is 22.2. The number of anilines is 3. The maximum absolute atomic E-state index is 12.9. The molecule has 1 saturated heterocycles. The predicted molar refractivity (Wildman–Crippen MR) is 132 cm³/mol. The van der Waals surface area contributed by atoms with Crippen LogP contribution in [0.25, 0.3) is 5.69 Å². The molecule has 32 heavy (non-hydrogen) atoms. The molecule has 3 aromatic rings. The van der Waals surface area contributed by atoms with Crippen molar-refractivity contribution in [2.75, 3.05) is 42.3 Å². The molecule has 0 aliphatic carbocycles. The van der Waals surface area contributed by atoms with E-state index in [1.54, 1.807) is 0 Å². The van der Waals surface area contributed by atoms with Gasteiger partial charge in [0.05, 0.1) is 10.9 Å². The van der Waals surface area contributed by atoms with Gasteiger partial charge in [0.2, 0.25) is 11.9 Å². The number of nitrogens with zero attached hydrogens (tertiary/aromatic N) is 5. The number of para-hydroxylation sites is 1. The maximum atomic E-state index is 12.9. The van der Waals surface area contributed by atoms with Gasteiger partial charge >= 0.3 is 0 Å². The fourth-order valence-electron chi connectivity index (χ4n) is 3.74. The lowest BCUT2D eigenvalue weighted by atomic mass is 10.1. The van der Waals surface area contributed by atoms with Gasteiger partial charge in [0, 0.05) is 38.6 Å². The highest BCUT2D eigenvalue weighted by Gasteiger charge is 2.24. The highest BCUT2D eigenvalue weighted by molar-refractivity contribution is 8.00. The topological polar surface area (TPSA) is 66.3 Å². The van der Waals surface area contributed by atoms with E-state index in [-0.39, 0.29) is 11.2 Å². The van der Waals surface area contributed by atoms with Crippen molar-refractivity contribution in [2.45, 2.75) is 36.6 Å². The Morgan fingerprint density at radius 3 is 2.34 bits per heavy atom. The summed E-state index contributed by atoms with van der Waals surface area (Å²) in [4.78, 5) is 17.2. The Morgan fingerprint density at radius 2 is 1.69 bits per heavy atom. The van der Waals surface area contributed by atoms with Crippen molar-refractivity contribution in [1.29, 1.82) is 0 Å². The lowest BCUT2D eigenvalue weighted by molar-refractivity contribution is -0.115. The van der Waals surface area contributed by atoms with Crippen LogP contribution in [0.3, 0.4) is 0 Å². The average molecular weight is 451 g/mol. The smallest absolute Gasteiger partial charge is 0.237 e. The Kier molecular flexibility index (Phi) is 6.99. The van der Waals surface area contributed by atoms with Gasteiger partial charge in [-0.05, 0) is 62.6 Å². The van der Waals surface area contributed by atoms with E-state index < -0.39 is 0 Å². The Hall–Kier alpha value is -3.00. The van der Waals surface area contributed by atoms with Crippen molar-refractivity contribution in [3.63, 3.8) is 0 Å². The van der Waals surface area contributed by atoms with Crippen LogP contribution in [0.15, 0.2) is 59.8 Å². The molecular weight excluding hydrogens is 420 g/mol. The molecule has 1 N–H and O–H groups in total. The van der Waals surface area contributed by atoms with Gasteiger partial charge in [-0.1, -0.05) is 30.0 Å². The lowest BCUT2D eigenvalue weighted by Gasteiger charge is -2.28. The molecule has 4 rings (SSSR count). The Bertz CT molecular complexity index is 1030. The van der Waals surface area contributed by atoms with Gasteiger partial charge in [0.25, 0.3) is 0 Å². The van der Waals surface area contributed by atoms with Crippen LogP contribution >= 0.6 is 11.8 Å². The van der Waals surface area contributed by atoms with Crippen molar-refractivity contribution < 1.29 is 4.79 Å². The molecule has 1 amide bonds. The van der Waals surface area contributed by atoms with E-state index in [1.165, 1.54) is 18.2 Å². The quantitative estimate of drug-likeness (QED) is 0.537. The third-order valence-electron chi connectivity index (χ3n) is 5.57. The lowest BCUT2D eigenvalue weighted by Crippen LogP contribution is -2.31. The van der Waals surface area contributed by atoms with Crippen molar-refractivity contribution in [1.82, 2.24) is 14.8 Å². The molecule has 1 aliphatic heterocycles. The summed E-state index contributed by atoms with van der Waals surface area (Å²) in [6, 6.07) is 18.0. The first-order valence-electron chi connectivity index (χ1n) is 11.0. The maximum Gasteiger partial charge on any atom is 0.237 e. The van der Waals surface area contributed by atoms with Gasteiger partial charge in [0.1, 0.15) is 0 Å². The molecule has 0 spiro atoms. The van der Waals surface area contributed by atoms with E-state index in [9.17, 15) is 4.79 Å². The Balaban J connectivity index is 1.52. The van der Waals surface area contributed by atoms with Crippen LogP contribution in [0, 0.1) is 0 Å². The number of rotatable bonds is 7. The second-order valence-corrected chi connectivity index (χ2v) is 9.50. The van der Waals surface area contributed by atoms with Crippen LogP contribution in [0.5, 0.6) is 0 Å². The fourth-order valence-corrected chi connectivity index (χ4v) is 4.60. The molecular formula is C24H30N6OS. The molecule has 168 valence electrons. The number of hydrogen-bond acceptors (Lipinski definition) is 6. The third kappa shape index (κ3) is 5.07. The van der Waals surface area contributed by atoms with E-state index in [0.717, 1.165) is 54.1 Å². The Morgan fingerprint density at radius 1 is 1.00 bits per heavy atom. The number of thioether (sulfide) groups is 1. The molecule has 8 heteroatoms. The van der Waals surface area contributed by atoms with Gasteiger partial charge in [-0.15, -0.1) is 10.2 Å². The minimum Gasteiger partial charge on any atom is -0.378 e. The summed E-state index contributed by atoms with van der Waals surface area (Å²) < 4.78 is 2.08. The number of aromatic nitrogens is 3. The second kappa shape index (κ2) is 10.1. The zero-order valence-corrected chi connectivity index (χ0v) is 19.7. The largest absolute Gasteiger partial charge is 0.378 e. The van der Waals surface area contributed by atoms with E-state index in [4.69, 9.17) is 0 Å². The molecule has 7 nitrogen and oxygen atoms in total. The number of nitrogens with one attached hydrogen (secondary N) is 1. The molecule has 1 atom stereocenters. The van der Waals surface area contributed by atoms with E-state index >= 15 is 0 Å². The average Bonchev–Trinajstić information content (AvgIpc) is 3.24. The van der Waals surface area contributed by atoms with Crippen LogP contribution < -0.4 is 15.1 Å². The van der Waals surface area contributed by atoms with Crippen molar-refractivity contribution >= 4 is 35.0 Å². The van der Waals surface area contributed by atoms with Crippen LogP contribution in [0.4, 0.5) is 17.3 Å². The first-order chi connectivity index (χ1) is 15.5. The van der Waals surface area contributed by atoms with Crippen molar-refractivity contribution in [3.05, 3.63) is 54.6 Å². The number of amides is 1. The molecule has 1 aliphatic rings. The van der Waals surface area contributed by atoms with E-state index in [1.807, 2.05) is 68.4 Å². The molecule has 1 aromatic heterocycles. The monoisotopic (exact) mass is 450 g/mol. The Labute approximate surface area is 193 Å². The first-order valence-corrected chi connectivity index (χ1v) is 11.9. The zero-order valence-electron chi connectivity index (χ0n) is 18.9. The van der Waals surface area contributed by atoms with Gasteiger partial charge < -0.3 is 15.1 Å². The minimum absolute atomic E-state index is 0.0604.